The smallest absolute Gasteiger partial charge is 0.266 e. The van der Waals surface area contributed by atoms with Crippen molar-refractivity contribution in [1.82, 2.24) is 4.90 Å². The highest BCUT2D eigenvalue weighted by Crippen LogP contribution is 2.38. The van der Waals surface area contributed by atoms with E-state index in [0.717, 1.165) is 20.1 Å². The molecule has 0 N–H and O–H groups in total. The van der Waals surface area contributed by atoms with Gasteiger partial charge < -0.3 is 4.74 Å². The van der Waals surface area contributed by atoms with Crippen LogP contribution in [0.1, 0.15) is 23.6 Å². The molecule has 34 heavy (non-hydrogen) atoms. The Labute approximate surface area is 219 Å². The van der Waals surface area contributed by atoms with Crippen LogP contribution < -0.4 is 4.74 Å². The van der Waals surface area contributed by atoms with Gasteiger partial charge in [-0.15, -0.1) is 0 Å². The molecule has 3 aromatic carbocycles. The number of ether oxygens (including phenoxy) is 1. The standard InChI is InChI=1S/C26H21Br2FN2O2S/c1-3-31-25(32)23(34-26(31)30-20-10-8-19(29)9-11-20)14-18-12-21(27)24(22(28)13-18)33-15-17-6-4-16(2)5-7-17/h4-14H,3,15H2,1-2H3/b23-14+,30-26?. The van der Waals surface area contributed by atoms with Gasteiger partial charge >= 0.3 is 0 Å². The number of halogens is 3. The van der Waals surface area contributed by atoms with Gasteiger partial charge in [-0.25, -0.2) is 9.38 Å². The normalized spacial score (nSPS) is 16.0. The van der Waals surface area contributed by atoms with Crippen LogP contribution in [0.2, 0.25) is 0 Å². The minimum atomic E-state index is -0.325. The molecule has 0 unspecified atom stereocenters. The van der Waals surface area contributed by atoms with Crippen LogP contribution in [0, 0.1) is 12.7 Å². The van der Waals surface area contributed by atoms with Crippen molar-refractivity contribution >= 4 is 66.5 Å². The summed E-state index contributed by atoms with van der Waals surface area (Å²) in [7, 11) is 0. The number of hydrogen-bond acceptors (Lipinski definition) is 4. The van der Waals surface area contributed by atoms with Crippen molar-refractivity contribution in [2.75, 3.05) is 6.54 Å². The summed E-state index contributed by atoms with van der Waals surface area (Å²) in [4.78, 5) is 19.7. The second-order valence-corrected chi connectivity index (χ2v) is 10.3. The maximum atomic E-state index is 13.2. The van der Waals surface area contributed by atoms with E-state index in [9.17, 15) is 9.18 Å². The Morgan fingerprint density at radius 2 is 1.71 bits per heavy atom. The lowest BCUT2D eigenvalue weighted by Gasteiger charge is -2.12. The number of aliphatic imine (C=N–C) groups is 1. The second-order valence-electron chi connectivity index (χ2n) is 7.62. The van der Waals surface area contributed by atoms with E-state index in [1.54, 1.807) is 17.0 Å². The summed E-state index contributed by atoms with van der Waals surface area (Å²) in [5, 5.41) is 0.571. The van der Waals surface area contributed by atoms with Crippen LogP contribution in [0.3, 0.4) is 0 Å². The van der Waals surface area contributed by atoms with Gasteiger partial charge in [0.25, 0.3) is 5.91 Å². The summed E-state index contributed by atoms with van der Waals surface area (Å²) in [6.07, 6.45) is 1.84. The van der Waals surface area contributed by atoms with Crippen molar-refractivity contribution in [3.8, 4) is 5.75 Å². The first-order valence-corrected chi connectivity index (χ1v) is 13.0. The molecule has 0 atom stereocenters. The molecule has 0 saturated carbocycles. The summed E-state index contributed by atoms with van der Waals surface area (Å²) >= 11 is 8.49. The quantitative estimate of drug-likeness (QED) is 0.269. The molecule has 0 aliphatic carbocycles. The number of nitrogens with zero attached hydrogens (tertiary/aromatic N) is 2. The maximum absolute atomic E-state index is 13.2. The van der Waals surface area contributed by atoms with Crippen LogP contribution in [0.5, 0.6) is 5.75 Å². The fourth-order valence-corrected chi connectivity index (χ4v) is 5.80. The highest BCUT2D eigenvalue weighted by Gasteiger charge is 2.32. The van der Waals surface area contributed by atoms with Crippen molar-refractivity contribution < 1.29 is 13.9 Å². The van der Waals surface area contributed by atoms with Crippen LogP contribution in [0.4, 0.5) is 10.1 Å². The molecule has 1 amide bonds. The van der Waals surface area contributed by atoms with Gasteiger partial charge in [0.15, 0.2) is 5.17 Å². The van der Waals surface area contributed by atoms with E-state index in [0.29, 0.717) is 34.7 Å². The van der Waals surface area contributed by atoms with E-state index in [1.807, 2.05) is 37.3 Å². The summed E-state index contributed by atoms with van der Waals surface area (Å²) in [6.45, 7) is 4.88. The first-order valence-electron chi connectivity index (χ1n) is 10.6. The number of carbonyl (C=O) groups is 1. The van der Waals surface area contributed by atoms with Crippen LogP contribution in [0.15, 0.2) is 79.5 Å². The van der Waals surface area contributed by atoms with E-state index in [-0.39, 0.29) is 11.7 Å². The molecule has 0 radical (unpaired) electrons. The zero-order chi connectivity index (χ0) is 24.2. The average Bonchev–Trinajstić information content (AvgIpc) is 3.09. The predicted molar refractivity (Wildman–Crippen MR) is 144 cm³/mol. The molecule has 0 spiro atoms. The number of benzene rings is 3. The highest BCUT2D eigenvalue weighted by molar-refractivity contribution is 9.11. The molecule has 1 saturated heterocycles. The summed E-state index contributed by atoms with van der Waals surface area (Å²) in [5.41, 5.74) is 3.72. The van der Waals surface area contributed by atoms with Gasteiger partial charge in [-0.3, -0.25) is 9.69 Å². The van der Waals surface area contributed by atoms with Gasteiger partial charge in [0, 0.05) is 6.54 Å². The number of aryl methyl sites for hydroxylation is 1. The third-order valence-corrected chi connectivity index (χ3v) is 7.26. The predicted octanol–water partition coefficient (Wildman–Crippen LogP) is 7.86. The lowest BCUT2D eigenvalue weighted by atomic mass is 10.1. The van der Waals surface area contributed by atoms with E-state index >= 15 is 0 Å². The fourth-order valence-electron chi connectivity index (χ4n) is 3.29. The lowest BCUT2D eigenvalue weighted by molar-refractivity contribution is -0.122. The minimum Gasteiger partial charge on any atom is -0.487 e. The Bertz CT molecular complexity index is 1250. The molecule has 4 nitrogen and oxygen atoms in total. The molecule has 1 heterocycles. The maximum Gasteiger partial charge on any atom is 0.266 e. The topological polar surface area (TPSA) is 41.9 Å². The molecule has 1 fully saturated rings. The Morgan fingerprint density at radius 1 is 1.06 bits per heavy atom. The summed E-state index contributed by atoms with van der Waals surface area (Å²) in [5.74, 6) is 0.261. The molecule has 1 aliphatic rings. The SMILES string of the molecule is CCN1C(=O)/C(=C\c2cc(Br)c(OCc3ccc(C)cc3)c(Br)c2)SC1=Nc1ccc(F)cc1. The zero-order valence-corrected chi connectivity index (χ0v) is 22.5. The van der Waals surface area contributed by atoms with Crippen molar-refractivity contribution in [2.24, 2.45) is 4.99 Å². The number of carbonyl (C=O) groups excluding carboxylic acids is 1. The van der Waals surface area contributed by atoms with Crippen molar-refractivity contribution in [3.05, 3.63) is 97.0 Å². The number of rotatable bonds is 6. The number of amidine groups is 1. The third kappa shape index (κ3) is 5.79. The first-order chi connectivity index (χ1) is 16.3. The number of thioether (sulfide) groups is 1. The minimum absolute atomic E-state index is 0.111. The van der Waals surface area contributed by atoms with Crippen molar-refractivity contribution in [3.63, 3.8) is 0 Å². The van der Waals surface area contributed by atoms with Crippen molar-refractivity contribution in [2.45, 2.75) is 20.5 Å². The van der Waals surface area contributed by atoms with E-state index in [1.165, 1.54) is 29.5 Å². The van der Waals surface area contributed by atoms with Crippen LogP contribution >= 0.6 is 43.6 Å². The molecule has 0 aromatic heterocycles. The Kier molecular flexibility index (Phi) is 7.91. The third-order valence-electron chi connectivity index (χ3n) is 5.08. The zero-order valence-electron chi connectivity index (χ0n) is 18.5. The van der Waals surface area contributed by atoms with Crippen LogP contribution in [-0.2, 0) is 11.4 Å². The van der Waals surface area contributed by atoms with E-state index in [2.05, 4.69) is 55.9 Å². The fraction of sp³-hybridized carbons (Fsp3) is 0.154. The molecule has 0 bridgehead atoms. The monoisotopic (exact) mass is 602 g/mol. The average molecular weight is 604 g/mol. The summed E-state index contributed by atoms with van der Waals surface area (Å²) < 4.78 is 20.8. The van der Waals surface area contributed by atoms with E-state index < -0.39 is 0 Å². The Morgan fingerprint density at radius 3 is 2.32 bits per heavy atom. The van der Waals surface area contributed by atoms with E-state index in [4.69, 9.17) is 4.74 Å². The Hall–Kier alpha value is -2.42. The first kappa shape index (κ1) is 24.7. The van der Waals surface area contributed by atoms with Gasteiger partial charge in [-0.05, 0) is 111 Å². The molecule has 8 heteroatoms. The molecular formula is C26H21Br2FN2O2S. The number of hydrogen-bond donors (Lipinski definition) is 0. The lowest BCUT2D eigenvalue weighted by Crippen LogP contribution is -2.28. The van der Waals surface area contributed by atoms with Crippen molar-refractivity contribution in [1.29, 1.82) is 0 Å². The molecule has 4 rings (SSSR count). The number of amides is 1. The Balaban J connectivity index is 1.55. The molecular weight excluding hydrogens is 583 g/mol. The van der Waals surface area contributed by atoms with Gasteiger partial charge in [0.05, 0.1) is 19.5 Å². The van der Waals surface area contributed by atoms with Gasteiger partial charge in [0.1, 0.15) is 18.2 Å². The molecule has 1 aliphatic heterocycles. The number of likely N-dealkylation sites (N-methyl/N-ethyl adjacent to an activating group) is 1. The van der Waals surface area contributed by atoms with Crippen LogP contribution in [0.25, 0.3) is 6.08 Å². The summed E-state index contributed by atoms with van der Waals surface area (Å²) in [6, 6.07) is 17.9. The van der Waals surface area contributed by atoms with Gasteiger partial charge in [0.2, 0.25) is 0 Å². The van der Waals surface area contributed by atoms with Gasteiger partial charge in [-0.1, -0.05) is 29.8 Å². The molecule has 174 valence electrons. The highest BCUT2D eigenvalue weighted by atomic mass is 79.9. The largest absolute Gasteiger partial charge is 0.487 e. The van der Waals surface area contributed by atoms with Gasteiger partial charge in [-0.2, -0.15) is 0 Å². The second kappa shape index (κ2) is 10.9. The van der Waals surface area contributed by atoms with Crippen LogP contribution in [-0.4, -0.2) is 22.5 Å². The molecule has 3 aromatic rings.